The first-order valence-corrected chi connectivity index (χ1v) is 8.19. The van der Waals surface area contributed by atoms with E-state index in [2.05, 4.69) is 0 Å². The normalized spacial score (nSPS) is 29.3. The van der Waals surface area contributed by atoms with Crippen LogP contribution in [0.25, 0.3) is 0 Å². The van der Waals surface area contributed by atoms with Gasteiger partial charge in [-0.15, -0.1) is 0 Å². The number of nitrogens with two attached hydrogens (primary N) is 2. The van der Waals surface area contributed by atoms with E-state index in [4.69, 9.17) is 21.5 Å². The Morgan fingerprint density at radius 3 is 2.57 bits per heavy atom. The minimum atomic E-state index is -1.46. The molecule has 0 spiro atoms. The Morgan fingerprint density at radius 1 is 1.48 bits per heavy atom. The van der Waals surface area contributed by atoms with E-state index in [0.29, 0.717) is 19.4 Å². The number of hydrogen-bond donors (Lipinski definition) is 6. The molecule has 134 valence electrons. The molecule has 1 fully saturated rings. The number of aliphatic hydroxyl groups excluding tert-OH is 1. The number of rotatable bonds is 9. The van der Waals surface area contributed by atoms with E-state index in [1.165, 1.54) is 0 Å². The van der Waals surface area contributed by atoms with Crippen LogP contribution in [0.3, 0.4) is 0 Å². The molecule has 0 aromatic rings. The average Bonchev–Trinajstić information content (AvgIpc) is 2.83. The summed E-state index contributed by atoms with van der Waals surface area (Å²) < 4.78 is 0. The Hall–Kier alpha value is -0.705. The van der Waals surface area contributed by atoms with E-state index in [1.807, 2.05) is 13.8 Å². The number of aliphatic hydroxyl groups is 1. The smallest absolute Gasteiger partial charge is 0.451 e. The molecule has 8 N–H and O–H groups in total. The van der Waals surface area contributed by atoms with Crippen molar-refractivity contribution in [1.82, 2.24) is 4.90 Å². The Kier molecular flexibility index (Phi) is 7.44. The summed E-state index contributed by atoms with van der Waals surface area (Å²) in [4.78, 5) is 13.2. The maximum Gasteiger partial charge on any atom is 0.451 e. The van der Waals surface area contributed by atoms with Gasteiger partial charge in [0.25, 0.3) is 0 Å². The molecular formula is C14H30BN3O5. The zero-order valence-corrected chi connectivity index (χ0v) is 13.9. The third kappa shape index (κ3) is 4.88. The molecule has 1 aliphatic heterocycles. The molecule has 0 radical (unpaired) electrons. The van der Waals surface area contributed by atoms with Crippen molar-refractivity contribution in [2.24, 2.45) is 23.3 Å². The van der Waals surface area contributed by atoms with Crippen molar-refractivity contribution in [3.8, 4) is 0 Å². The lowest BCUT2D eigenvalue weighted by atomic mass is 9.78. The van der Waals surface area contributed by atoms with Gasteiger partial charge >= 0.3 is 13.1 Å². The number of aliphatic carboxylic acids is 1. The van der Waals surface area contributed by atoms with E-state index < -0.39 is 30.9 Å². The van der Waals surface area contributed by atoms with Crippen molar-refractivity contribution in [3.05, 3.63) is 0 Å². The van der Waals surface area contributed by atoms with Crippen LogP contribution < -0.4 is 11.5 Å². The van der Waals surface area contributed by atoms with Gasteiger partial charge in [0.05, 0.1) is 0 Å². The number of hydrogen-bond acceptors (Lipinski definition) is 7. The summed E-state index contributed by atoms with van der Waals surface area (Å²) in [5.41, 5.74) is 10.7. The standard InChI is InChI=1S/C14H30BN3O5/c1-3-9(2)11(16)12(19)18-7-10(5-4-6-15(22)23)14(17,8-18)13(20)21/h9-12,19,22-23H,3-8,16-17H2,1-2H3,(H,20,21)/t9-,10?,11-,12?,14-/m0/s1. The van der Waals surface area contributed by atoms with Gasteiger partial charge in [-0.25, -0.2) is 0 Å². The van der Waals surface area contributed by atoms with Gasteiger partial charge in [-0.2, -0.15) is 0 Å². The minimum absolute atomic E-state index is 0.0278. The lowest BCUT2D eigenvalue weighted by Gasteiger charge is -2.31. The summed E-state index contributed by atoms with van der Waals surface area (Å²) >= 11 is 0. The maximum absolute atomic E-state index is 11.6. The Bertz CT molecular complexity index is 401. The van der Waals surface area contributed by atoms with E-state index in [-0.39, 0.29) is 24.7 Å². The summed E-state index contributed by atoms with van der Waals surface area (Å²) in [6, 6.07) is -0.476. The third-order valence-electron chi connectivity index (χ3n) is 5.08. The summed E-state index contributed by atoms with van der Waals surface area (Å²) in [7, 11) is -1.41. The molecule has 1 rings (SSSR count). The van der Waals surface area contributed by atoms with Crippen LogP contribution in [0.2, 0.25) is 6.32 Å². The van der Waals surface area contributed by atoms with Crippen molar-refractivity contribution in [2.45, 2.75) is 57.2 Å². The lowest BCUT2D eigenvalue weighted by molar-refractivity contribution is -0.144. The van der Waals surface area contributed by atoms with Crippen LogP contribution in [-0.4, -0.2) is 69.1 Å². The van der Waals surface area contributed by atoms with Gasteiger partial charge < -0.3 is 31.7 Å². The highest BCUT2D eigenvalue weighted by molar-refractivity contribution is 6.40. The summed E-state index contributed by atoms with van der Waals surface area (Å²) in [5, 5.41) is 37.7. The second kappa shape index (κ2) is 8.41. The van der Waals surface area contributed by atoms with Gasteiger partial charge in [0.15, 0.2) is 0 Å². The van der Waals surface area contributed by atoms with Crippen LogP contribution in [0.5, 0.6) is 0 Å². The van der Waals surface area contributed by atoms with Gasteiger partial charge in [0, 0.05) is 25.0 Å². The zero-order chi connectivity index (χ0) is 17.8. The van der Waals surface area contributed by atoms with Crippen LogP contribution in [0, 0.1) is 11.8 Å². The predicted octanol–water partition coefficient (Wildman–Crippen LogP) is -1.35. The molecule has 0 saturated carbocycles. The molecule has 23 heavy (non-hydrogen) atoms. The van der Waals surface area contributed by atoms with Crippen LogP contribution in [-0.2, 0) is 4.79 Å². The first-order chi connectivity index (χ1) is 10.6. The van der Waals surface area contributed by atoms with E-state index in [0.717, 1.165) is 6.42 Å². The summed E-state index contributed by atoms with van der Waals surface area (Å²) in [6.45, 7) is 4.28. The molecule has 0 aliphatic carbocycles. The highest BCUT2D eigenvalue weighted by atomic mass is 16.4. The fourth-order valence-electron chi connectivity index (χ4n) is 3.12. The van der Waals surface area contributed by atoms with Gasteiger partial charge in [0.1, 0.15) is 11.8 Å². The van der Waals surface area contributed by atoms with Crippen molar-refractivity contribution in [2.75, 3.05) is 13.1 Å². The molecule has 0 amide bonds. The fraction of sp³-hybridized carbons (Fsp3) is 0.929. The summed E-state index contributed by atoms with van der Waals surface area (Å²) in [6.07, 6.45) is 0.941. The van der Waals surface area contributed by atoms with E-state index in [9.17, 15) is 15.0 Å². The van der Waals surface area contributed by atoms with Gasteiger partial charge in [-0.1, -0.05) is 26.7 Å². The maximum atomic E-state index is 11.6. The summed E-state index contributed by atoms with van der Waals surface area (Å²) in [5.74, 6) is -1.39. The average molecular weight is 331 g/mol. The fourth-order valence-corrected chi connectivity index (χ4v) is 3.12. The number of nitrogens with zero attached hydrogens (tertiary/aromatic N) is 1. The van der Waals surface area contributed by atoms with Crippen LogP contribution in [0.1, 0.15) is 33.1 Å². The molecule has 0 aromatic heterocycles. The van der Waals surface area contributed by atoms with Crippen LogP contribution in [0.15, 0.2) is 0 Å². The minimum Gasteiger partial charge on any atom is -0.480 e. The number of likely N-dealkylation sites (tertiary alicyclic amines) is 1. The van der Waals surface area contributed by atoms with E-state index >= 15 is 0 Å². The van der Waals surface area contributed by atoms with Gasteiger partial charge in [-0.05, 0) is 18.7 Å². The van der Waals surface area contributed by atoms with Crippen LogP contribution >= 0.6 is 0 Å². The largest absolute Gasteiger partial charge is 0.480 e. The highest BCUT2D eigenvalue weighted by Gasteiger charge is 2.51. The second-order valence-corrected chi connectivity index (χ2v) is 6.76. The molecule has 8 nitrogen and oxygen atoms in total. The Morgan fingerprint density at radius 2 is 2.09 bits per heavy atom. The number of carboxylic acid groups (broad SMARTS) is 1. The third-order valence-corrected chi connectivity index (χ3v) is 5.08. The molecule has 9 heteroatoms. The van der Waals surface area contributed by atoms with E-state index in [1.54, 1.807) is 4.90 Å². The molecule has 2 unspecified atom stereocenters. The quantitative estimate of drug-likeness (QED) is 0.283. The predicted molar refractivity (Wildman–Crippen MR) is 87.3 cm³/mol. The zero-order valence-electron chi connectivity index (χ0n) is 13.9. The molecular weight excluding hydrogens is 301 g/mol. The van der Waals surface area contributed by atoms with Crippen molar-refractivity contribution < 1.29 is 25.1 Å². The monoisotopic (exact) mass is 331 g/mol. The van der Waals surface area contributed by atoms with Crippen molar-refractivity contribution >= 4 is 13.1 Å². The molecule has 0 aromatic carbocycles. The van der Waals surface area contributed by atoms with Gasteiger partial charge in [-0.3, -0.25) is 9.69 Å². The van der Waals surface area contributed by atoms with Crippen molar-refractivity contribution in [3.63, 3.8) is 0 Å². The molecule has 1 aliphatic rings. The molecule has 5 atom stereocenters. The first kappa shape index (κ1) is 20.3. The molecule has 1 saturated heterocycles. The van der Waals surface area contributed by atoms with Crippen molar-refractivity contribution in [1.29, 1.82) is 0 Å². The number of carboxylic acids is 1. The van der Waals surface area contributed by atoms with Crippen LogP contribution in [0.4, 0.5) is 0 Å². The Balaban J connectivity index is 2.77. The SMILES string of the molecule is CC[C@H](C)[C@H](N)C(O)N1CC(CCCB(O)O)[C@](N)(C(=O)O)C1. The van der Waals surface area contributed by atoms with Gasteiger partial charge in [0.2, 0.25) is 0 Å². The second-order valence-electron chi connectivity index (χ2n) is 6.76. The Labute approximate surface area is 137 Å². The topological polar surface area (TPSA) is 153 Å². The number of carbonyl (C=O) groups is 1. The molecule has 0 bridgehead atoms. The molecule has 1 heterocycles. The lowest BCUT2D eigenvalue weighted by Crippen LogP contribution is -2.56. The first-order valence-electron chi connectivity index (χ1n) is 8.19. The highest BCUT2D eigenvalue weighted by Crippen LogP contribution is 2.32.